The van der Waals surface area contributed by atoms with Crippen LogP contribution in [-0.2, 0) is 18.6 Å². The summed E-state index contributed by atoms with van der Waals surface area (Å²) in [5.41, 5.74) is 3.01. The van der Waals surface area contributed by atoms with Gasteiger partial charge in [0, 0.05) is 49.6 Å². The zero-order valence-electron chi connectivity index (χ0n) is 16.5. The lowest BCUT2D eigenvalue weighted by atomic mass is 9.97. The Morgan fingerprint density at radius 3 is 2.69 bits per heavy atom. The maximum Gasteiger partial charge on any atom is 0.367 e. The number of benzene rings is 1. The Morgan fingerprint density at radius 2 is 1.93 bits per heavy atom. The molecular formula is C20H25N5O3S. The average Bonchev–Trinajstić information content (AvgIpc) is 2.73. The molecule has 2 aromatic rings. The molecule has 1 saturated heterocycles. The molecule has 0 bridgehead atoms. The first-order valence-electron chi connectivity index (χ1n) is 9.97. The van der Waals surface area contributed by atoms with Crippen LogP contribution in [0.1, 0.15) is 29.7 Å². The van der Waals surface area contributed by atoms with Gasteiger partial charge in [0.15, 0.2) is 0 Å². The topological polar surface area (TPSA) is 84.5 Å². The van der Waals surface area contributed by atoms with Crippen molar-refractivity contribution in [2.24, 2.45) is 0 Å². The van der Waals surface area contributed by atoms with Crippen LogP contribution in [0.5, 0.6) is 0 Å². The summed E-state index contributed by atoms with van der Waals surface area (Å²) in [6.45, 7) is 3.52. The Labute approximate surface area is 173 Å². The van der Waals surface area contributed by atoms with Crippen molar-refractivity contribution >= 4 is 17.4 Å². The summed E-state index contributed by atoms with van der Waals surface area (Å²) >= 11 is 1.50. The zero-order valence-corrected chi connectivity index (χ0v) is 17.4. The molecule has 1 aliphatic carbocycles. The Kier molecular flexibility index (Phi) is 5.86. The molecule has 0 saturated carbocycles. The molecule has 0 amide bonds. The van der Waals surface area contributed by atoms with Crippen molar-refractivity contribution in [3.05, 3.63) is 61.7 Å². The third-order valence-electron chi connectivity index (χ3n) is 5.59. The van der Waals surface area contributed by atoms with Crippen molar-refractivity contribution in [3.63, 3.8) is 0 Å². The average molecular weight is 416 g/mol. The molecule has 0 N–H and O–H groups in total. The third kappa shape index (κ3) is 4.30. The molecule has 1 aromatic heterocycles. The summed E-state index contributed by atoms with van der Waals surface area (Å²) < 4.78 is 1.82. The quantitative estimate of drug-likeness (QED) is 0.320. The minimum atomic E-state index is -0.383. The smallest absolute Gasteiger partial charge is 0.306 e. The first kappa shape index (κ1) is 19.9. The number of thioether (sulfide) groups is 1. The number of aromatic nitrogens is 2. The molecule has 9 heteroatoms. The molecule has 4 rings (SSSR count). The second kappa shape index (κ2) is 8.54. The van der Waals surface area contributed by atoms with Crippen molar-refractivity contribution in [1.29, 1.82) is 0 Å². The van der Waals surface area contributed by atoms with Crippen molar-refractivity contribution in [2.75, 3.05) is 38.2 Å². The van der Waals surface area contributed by atoms with E-state index in [4.69, 9.17) is 0 Å². The second-order valence-corrected chi connectivity index (χ2v) is 8.58. The maximum atomic E-state index is 12.9. The van der Waals surface area contributed by atoms with E-state index in [1.807, 2.05) is 10.7 Å². The van der Waals surface area contributed by atoms with Crippen LogP contribution in [0.15, 0.2) is 34.1 Å². The summed E-state index contributed by atoms with van der Waals surface area (Å²) in [6, 6.07) is 6.65. The molecule has 1 aliphatic heterocycles. The minimum absolute atomic E-state index is 0.0866. The van der Waals surface area contributed by atoms with Crippen LogP contribution in [0.4, 0.5) is 5.69 Å². The van der Waals surface area contributed by atoms with E-state index < -0.39 is 0 Å². The fourth-order valence-electron chi connectivity index (χ4n) is 3.99. The number of fused-ring (bicyclic) bond motifs is 1. The van der Waals surface area contributed by atoms with Crippen LogP contribution < -0.4 is 10.7 Å². The summed E-state index contributed by atoms with van der Waals surface area (Å²) in [6.07, 6.45) is 4.00. The SMILES string of the molecule is CN1CCN(n2c3c(c(SCc4cccc([N+](=O)[O-])c4)nc2=O)CCCC3)CC1. The number of piperazine rings is 1. The van der Waals surface area contributed by atoms with Gasteiger partial charge in [-0.15, -0.1) is 11.8 Å². The highest BCUT2D eigenvalue weighted by Gasteiger charge is 2.25. The number of nitrogens with zero attached hydrogens (tertiary/aromatic N) is 5. The fourth-order valence-corrected chi connectivity index (χ4v) is 5.01. The minimum Gasteiger partial charge on any atom is -0.306 e. The fraction of sp³-hybridized carbons (Fsp3) is 0.500. The van der Waals surface area contributed by atoms with Gasteiger partial charge in [-0.25, -0.2) is 9.47 Å². The molecular weight excluding hydrogens is 390 g/mol. The molecule has 1 fully saturated rings. The molecule has 0 radical (unpaired) electrons. The van der Waals surface area contributed by atoms with Crippen molar-refractivity contribution in [1.82, 2.24) is 14.6 Å². The van der Waals surface area contributed by atoms with Crippen molar-refractivity contribution in [3.8, 4) is 0 Å². The summed E-state index contributed by atoms with van der Waals surface area (Å²) in [5, 5.41) is 13.9. The highest BCUT2D eigenvalue weighted by atomic mass is 32.2. The number of hydrogen-bond donors (Lipinski definition) is 0. The van der Waals surface area contributed by atoms with Gasteiger partial charge >= 0.3 is 5.69 Å². The van der Waals surface area contributed by atoms with Crippen molar-refractivity contribution < 1.29 is 4.92 Å². The molecule has 2 heterocycles. The molecule has 2 aliphatic rings. The first-order valence-corrected chi connectivity index (χ1v) is 11.0. The molecule has 0 unspecified atom stereocenters. The number of hydrogen-bond acceptors (Lipinski definition) is 7. The van der Waals surface area contributed by atoms with E-state index >= 15 is 0 Å². The van der Waals surface area contributed by atoms with Crippen LogP contribution in [0.25, 0.3) is 0 Å². The summed E-state index contributed by atoms with van der Waals surface area (Å²) in [7, 11) is 2.10. The van der Waals surface area contributed by atoms with Gasteiger partial charge in [0.2, 0.25) is 0 Å². The number of likely N-dealkylation sites (N-methyl/N-ethyl adjacent to an activating group) is 1. The number of rotatable bonds is 5. The van der Waals surface area contributed by atoms with E-state index in [2.05, 4.69) is 21.9 Å². The van der Waals surface area contributed by atoms with Crippen LogP contribution in [0, 0.1) is 10.1 Å². The van der Waals surface area contributed by atoms with Crippen LogP contribution in [0.3, 0.4) is 0 Å². The highest BCUT2D eigenvalue weighted by Crippen LogP contribution is 2.31. The van der Waals surface area contributed by atoms with Gasteiger partial charge < -0.3 is 9.91 Å². The molecule has 1 aromatic carbocycles. The lowest BCUT2D eigenvalue weighted by Gasteiger charge is -2.37. The lowest BCUT2D eigenvalue weighted by Crippen LogP contribution is -2.54. The highest BCUT2D eigenvalue weighted by molar-refractivity contribution is 7.98. The van der Waals surface area contributed by atoms with Crippen molar-refractivity contribution in [2.45, 2.75) is 36.5 Å². The standard InChI is InChI=1S/C20H25N5O3S/c1-22-9-11-23(12-10-22)24-18-8-3-2-7-17(18)19(21-20(24)26)29-14-15-5-4-6-16(13-15)25(27)28/h4-6,13H,2-3,7-12,14H2,1H3. The number of nitro benzene ring substituents is 1. The van der Waals surface area contributed by atoms with Gasteiger partial charge in [-0.1, -0.05) is 12.1 Å². The zero-order chi connectivity index (χ0) is 20.4. The van der Waals surface area contributed by atoms with Crippen LogP contribution in [-0.4, -0.2) is 52.7 Å². The normalized spacial score (nSPS) is 17.2. The molecule has 0 atom stereocenters. The van der Waals surface area contributed by atoms with Crippen LogP contribution >= 0.6 is 11.8 Å². The first-order chi connectivity index (χ1) is 14.0. The van der Waals surface area contributed by atoms with Gasteiger partial charge in [-0.3, -0.25) is 10.1 Å². The van der Waals surface area contributed by atoms with E-state index in [9.17, 15) is 14.9 Å². The van der Waals surface area contributed by atoms with E-state index in [-0.39, 0.29) is 16.3 Å². The predicted molar refractivity (Wildman–Crippen MR) is 113 cm³/mol. The molecule has 8 nitrogen and oxygen atoms in total. The van der Waals surface area contributed by atoms with E-state index in [1.54, 1.807) is 12.1 Å². The number of nitro groups is 1. The van der Waals surface area contributed by atoms with Gasteiger partial charge in [0.25, 0.3) is 5.69 Å². The Morgan fingerprint density at radius 1 is 1.17 bits per heavy atom. The summed E-state index contributed by atoms with van der Waals surface area (Å²) in [5.74, 6) is 0.555. The van der Waals surface area contributed by atoms with E-state index in [0.717, 1.165) is 68.1 Å². The van der Waals surface area contributed by atoms with Gasteiger partial charge in [0.1, 0.15) is 5.03 Å². The largest absolute Gasteiger partial charge is 0.367 e. The number of non-ortho nitro benzene ring substituents is 1. The Bertz CT molecular complexity index is 969. The van der Waals surface area contributed by atoms with E-state index in [0.29, 0.717) is 5.75 Å². The van der Waals surface area contributed by atoms with Gasteiger partial charge in [0.05, 0.1) is 10.6 Å². The molecule has 154 valence electrons. The summed E-state index contributed by atoms with van der Waals surface area (Å²) in [4.78, 5) is 30.3. The third-order valence-corrected chi connectivity index (χ3v) is 6.68. The Balaban J connectivity index is 1.61. The van der Waals surface area contributed by atoms with Gasteiger partial charge in [-0.05, 0) is 38.3 Å². The lowest BCUT2D eigenvalue weighted by molar-refractivity contribution is -0.384. The molecule has 29 heavy (non-hydrogen) atoms. The molecule has 0 spiro atoms. The predicted octanol–water partition coefficient (Wildman–Crippen LogP) is 2.21. The maximum absolute atomic E-state index is 12.9. The van der Waals surface area contributed by atoms with Crippen LogP contribution in [0.2, 0.25) is 0 Å². The van der Waals surface area contributed by atoms with E-state index in [1.165, 1.54) is 23.4 Å². The Hall–Kier alpha value is -2.39. The monoisotopic (exact) mass is 415 g/mol. The van der Waals surface area contributed by atoms with Gasteiger partial charge in [-0.2, -0.15) is 4.98 Å². The second-order valence-electron chi connectivity index (χ2n) is 7.62.